The molecule has 0 aliphatic rings. The van der Waals surface area contributed by atoms with Crippen molar-refractivity contribution >= 4 is 5.95 Å². The Morgan fingerprint density at radius 1 is 1.33 bits per heavy atom. The zero-order chi connectivity index (χ0) is 13.0. The van der Waals surface area contributed by atoms with Crippen LogP contribution in [0.3, 0.4) is 0 Å². The molecule has 96 valence electrons. The number of nitrogens with two attached hydrogens (primary N) is 1. The number of aromatic nitrogens is 6. The predicted octanol–water partition coefficient (Wildman–Crippen LogP) is 0.459. The van der Waals surface area contributed by atoms with Crippen LogP contribution in [0.4, 0.5) is 5.95 Å². The summed E-state index contributed by atoms with van der Waals surface area (Å²) in [5, 5.41) is 3.92. The lowest BCUT2D eigenvalue weighted by Gasteiger charge is -2.07. The number of nitrogens with zero attached hydrogens (tertiary/aromatic N) is 6. The van der Waals surface area contributed by atoms with Gasteiger partial charge in [0.15, 0.2) is 0 Å². The Balaban J connectivity index is 2.12. The number of ether oxygens (including phenoxy) is 1. The molecule has 0 fully saturated rings. The van der Waals surface area contributed by atoms with Crippen LogP contribution < -0.4 is 10.5 Å². The van der Waals surface area contributed by atoms with E-state index in [0.29, 0.717) is 18.5 Å². The summed E-state index contributed by atoms with van der Waals surface area (Å²) in [6.07, 6.45) is 3.79. The smallest absolute Gasteiger partial charge is 0.323 e. The van der Waals surface area contributed by atoms with Crippen molar-refractivity contribution in [2.24, 2.45) is 5.92 Å². The van der Waals surface area contributed by atoms with Gasteiger partial charge in [0, 0.05) is 0 Å². The third-order valence-electron chi connectivity index (χ3n) is 2.17. The highest BCUT2D eigenvalue weighted by atomic mass is 16.5. The van der Waals surface area contributed by atoms with Gasteiger partial charge in [-0.1, -0.05) is 13.8 Å². The molecule has 18 heavy (non-hydrogen) atoms. The molecule has 2 aromatic rings. The Morgan fingerprint density at radius 3 is 2.83 bits per heavy atom. The molecule has 0 saturated carbocycles. The van der Waals surface area contributed by atoms with E-state index < -0.39 is 0 Å². The molecule has 0 aliphatic carbocycles. The van der Waals surface area contributed by atoms with Gasteiger partial charge in [0.25, 0.3) is 5.95 Å². The molecule has 8 heteroatoms. The topological polar surface area (TPSA) is 105 Å². The highest BCUT2D eigenvalue weighted by molar-refractivity contribution is 5.23. The molecule has 0 spiro atoms. The first kappa shape index (κ1) is 12.2. The number of hydrogen-bond acceptors (Lipinski definition) is 7. The molecule has 2 aromatic heterocycles. The van der Waals surface area contributed by atoms with Crippen molar-refractivity contribution in [1.82, 2.24) is 29.7 Å². The summed E-state index contributed by atoms with van der Waals surface area (Å²) in [7, 11) is 0. The fourth-order valence-electron chi connectivity index (χ4n) is 1.23. The van der Waals surface area contributed by atoms with Gasteiger partial charge in [0.05, 0.1) is 6.61 Å². The second kappa shape index (κ2) is 5.39. The largest absolute Gasteiger partial charge is 0.463 e. The van der Waals surface area contributed by atoms with Gasteiger partial charge in [-0.2, -0.15) is 24.7 Å². The van der Waals surface area contributed by atoms with E-state index >= 15 is 0 Å². The molecule has 0 radical (unpaired) electrons. The minimum absolute atomic E-state index is 0.0926. The minimum atomic E-state index is 0.0926. The van der Waals surface area contributed by atoms with Gasteiger partial charge in [-0.25, -0.2) is 4.98 Å². The first-order valence-electron chi connectivity index (χ1n) is 5.64. The van der Waals surface area contributed by atoms with E-state index in [-0.39, 0.29) is 12.0 Å². The second-order valence-corrected chi connectivity index (χ2v) is 4.15. The summed E-state index contributed by atoms with van der Waals surface area (Å²) in [5.74, 6) is 0.938. The maximum Gasteiger partial charge on any atom is 0.323 e. The van der Waals surface area contributed by atoms with E-state index in [4.69, 9.17) is 10.5 Å². The van der Waals surface area contributed by atoms with Crippen LogP contribution in [0.25, 0.3) is 5.95 Å². The monoisotopic (exact) mass is 249 g/mol. The molecule has 8 nitrogen and oxygen atoms in total. The van der Waals surface area contributed by atoms with E-state index in [1.807, 2.05) is 0 Å². The SMILES string of the molecule is CC(C)CCOc1nc(N)nc(-n2cncn2)n1. The Kier molecular flexibility index (Phi) is 3.66. The number of anilines is 1. The highest BCUT2D eigenvalue weighted by Crippen LogP contribution is 2.09. The zero-order valence-electron chi connectivity index (χ0n) is 10.3. The molecule has 0 atom stereocenters. The van der Waals surface area contributed by atoms with Crippen LogP contribution in [-0.2, 0) is 0 Å². The van der Waals surface area contributed by atoms with Crippen LogP contribution in [0.1, 0.15) is 20.3 Å². The fraction of sp³-hybridized carbons (Fsp3) is 0.500. The third-order valence-corrected chi connectivity index (χ3v) is 2.17. The van der Waals surface area contributed by atoms with E-state index in [1.165, 1.54) is 17.3 Å². The van der Waals surface area contributed by atoms with Crippen molar-refractivity contribution in [2.45, 2.75) is 20.3 Å². The molecular weight excluding hydrogens is 234 g/mol. The van der Waals surface area contributed by atoms with Crippen molar-refractivity contribution in [3.05, 3.63) is 12.7 Å². The van der Waals surface area contributed by atoms with E-state index in [1.54, 1.807) is 0 Å². The molecule has 2 N–H and O–H groups in total. The van der Waals surface area contributed by atoms with Gasteiger partial charge in [0.1, 0.15) is 12.7 Å². The van der Waals surface area contributed by atoms with E-state index in [9.17, 15) is 0 Å². The Bertz CT molecular complexity index is 497. The predicted molar refractivity (Wildman–Crippen MR) is 64.1 cm³/mol. The van der Waals surface area contributed by atoms with Crippen molar-refractivity contribution in [2.75, 3.05) is 12.3 Å². The Morgan fingerprint density at radius 2 is 2.17 bits per heavy atom. The van der Waals surface area contributed by atoms with Crippen LogP contribution in [0.5, 0.6) is 6.01 Å². The second-order valence-electron chi connectivity index (χ2n) is 4.15. The summed E-state index contributed by atoms with van der Waals surface area (Å²) in [4.78, 5) is 15.8. The van der Waals surface area contributed by atoms with Gasteiger partial charge in [-0.05, 0) is 12.3 Å². The van der Waals surface area contributed by atoms with Gasteiger partial charge >= 0.3 is 6.01 Å². The van der Waals surface area contributed by atoms with Crippen LogP contribution in [0.15, 0.2) is 12.7 Å². The van der Waals surface area contributed by atoms with Crippen molar-refractivity contribution < 1.29 is 4.74 Å². The van der Waals surface area contributed by atoms with Crippen LogP contribution in [-0.4, -0.2) is 36.3 Å². The fourth-order valence-corrected chi connectivity index (χ4v) is 1.23. The number of nitrogen functional groups attached to an aromatic ring is 1. The summed E-state index contributed by atoms with van der Waals surface area (Å²) in [5.41, 5.74) is 5.59. The number of hydrogen-bond donors (Lipinski definition) is 1. The third kappa shape index (κ3) is 3.12. The van der Waals surface area contributed by atoms with Gasteiger partial charge in [0.2, 0.25) is 5.95 Å². The maximum absolute atomic E-state index is 5.59. The summed E-state index contributed by atoms with van der Waals surface area (Å²) < 4.78 is 6.83. The van der Waals surface area contributed by atoms with Crippen LogP contribution in [0.2, 0.25) is 0 Å². The first-order chi connectivity index (χ1) is 8.65. The van der Waals surface area contributed by atoms with Crippen LogP contribution >= 0.6 is 0 Å². The maximum atomic E-state index is 5.59. The Hall–Kier alpha value is -2.25. The molecule has 0 bridgehead atoms. The zero-order valence-corrected chi connectivity index (χ0v) is 10.3. The molecule has 0 amide bonds. The minimum Gasteiger partial charge on any atom is -0.463 e. The molecular formula is C10H15N7O. The molecule has 0 saturated heterocycles. The summed E-state index contributed by atoms with van der Waals surface area (Å²) >= 11 is 0. The lowest BCUT2D eigenvalue weighted by molar-refractivity contribution is 0.267. The first-order valence-corrected chi connectivity index (χ1v) is 5.64. The van der Waals surface area contributed by atoms with Crippen LogP contribution in [0, 0.1) is 5.92 Å². The van der Waals surface area contributed by atoms with Gasteiger partial charge in [-0.3, -0.25) is 0 Å². The lowest BCUT2D eigenvalue weighted by Crippen LogP contribution is -2.10. The average molecular weight is 249 g/mol. The molecule has 0 unspecified atom stereocenters. The quantitative estimate of drug-likeness (QED) is 0.820. The normalized spacial score (nSPS) is 10.8. The van der Waals surface area contributed by atoms with E-state index in [2.05, 4.69) is 38.9 Å². The highest BCUT2D eigenvalue weighted by Gasteiger charge is 2.08. The summed E-state index contributed by atoms with van der Waals surface area (Å²) in [6, 6.07) is 0.202. The van der Waals surface area contributed by atoms with Gasteiger partial charge in [-0.15, -0.1) is 0 Å². The van der Waals surface area contributed by atoms with Gasteiger partial charge < -0.3 is 10.5 Å². The number of rotatable bonds is 5. The van der Waals surface area contributed by atoms with Crippen molar-refractivity contribution in [3.63, 3.8) is 0 Å². The molecule has 0 aliphatic heterocycles. The molecule has 0 aromatic carbocycles. The Labute approximate surface area is 104 Å². The molecule has 2 heterocycles. The lowest BCUT2D eigenvalue weighted by atomic mass is 10.1. The standard InChI is InChI=1S/C10H15N7O/c1-7(2)3-4-18-10-15-8(11)14-9(16-10)17-6-12-5-13-17/h5-7H,3-4H2,1-2H3,(H2,11,14,15,16). The van der Waals surface area contributed by atoms with E-state index in [0.717, 1.165) is 6.42 Å². The average Bonchev–Trinajstić information content (AvgIpc) is 2.81. The summed E-state index contributed by atoms with van der Waals surface area (Å²) in [6.45, 7) is 4.77. The van der Waals surface area contributed by atoms with Crippen molar-refractivity contribution in [3.8, 4) is 12.0 Å². The van der Waals surface area contributed by atoms with Crippen molar-refractivity contribution in [1.29, 1.82) is 0 Å². The molecule has 2 rings (SSSR count).